The minimum atomic E-state index is -1.12. The first-order valence-corrected chi connectivity index (χ1v) is 8.61. The molecule has 0 aliphatic carbocycles. The number of hydrogen-bond donors (Lipinski definition) is 2. The van der Waals surface area contributed by atoms with Crippen molar-refractivity contribution in [3.05, 3.63) is 71.3 Å². The van der Waals surface area contributed by atoms with Gasteiger partial charge in [0, 0.05) is 17.5 Å². The van der Waals surface area contributed by atoms with Crippen LogP contribution in [0.2, 0.25) is 0 Å². The standard InChI is InChI=1S/C22H23NO4/c1-22(2,3)27-21(26)23-19(20(24)25)15-18-13-11-17(12-14-18)10-9-16-7-5-4-6-8-16/h4-8,11-14,19H,15H2,1-3H3,(H,23,26)(H,24,25). The Bertz CT molecular complexity index is 840. The Balaban J connectivity index is 2.01. The summed E-state index contributed by atoms with van der Waals surface area (Å²) >= 11 is 0. The van der Waals surface area contributed by atoms with Crippen molar-refractivity contribution >= 4 is 12.1 Å². The Morgan fingerprint density at radius 1 is 1.00 bits per heavy atom. The average molecular weight is 365 g/mol. The first-order chi connectivity index (χ1) is 12.7. The van der Waals surface area contributed by atoms with Gasteiger partial charge in [0.15, 0.2) is 0 Å². The second kappa shape index (κ2) is 8.91. The van der Waals surface area contributed by atoms with Crippen LogP contribution in [0.5, 0.6) is 0 Å². The molecule has 0 aliphatic rings. The van der Waals surface area contributed by atoms with Crippen molar-refractivity contribution in [2.45, 2.75) is 38.8 Å². The summed E-state index contributed by atoms with van der Waals surface area (Å²) in [6.07, 6.45) is -0.596. The van der Waals surface area contributed by atoms with Crippen molar-refractivity contribution in [2.24, 2.45) is 0 Å². The first kappa shape index (κ1) is 20.1. The number of carbonyl (C=O) groups excluding carboxylic acids is 1. The third-order valence-electron chi connectivity index (χ3n) is 3.51. The normalized spacial score (nSPS) is 11.7. The highest BCUT2D eigenvalue weighted by Crippen LogP contribution is 2.10. The summed E-state index contributed by atoms with van der Waals surface area (Å²) < 4.78 is 5.12. The van der Waals surface area contributed by atoms with Gasteiger partial charge in [-0.1, -0.05) is 42.2 Å². The number of amides is 1. The lowest BCUT2D eigenvalue weighted by atomic mass is 10.0. The lowest BCUT2D eigenvalue weighted by Crippen LogP contribution is -2.44. The molecule has 0 aliphatic heterocycles. The SMILES string of the molecule is CC(C)(C)OC(=O)NC(Cc1ccc(C#Cc2ccccc2)cc1)C(=O)O. The van der Waals surface area contributed by atoms with Gasteiger partial charge in [-0.2, -0.15) is 0 Å². The largest absolute Gasteiger partial charge is 0.480 e. The highest BCUT2D eigenvalue weighted by Gasteiger charge is 2.24. The highest BCUT2D eigenvalue weighted by atomic mass is 16.6. The zero-order chi connectivity index (χ0) is 19.9. The highest BCUT2D eigenvalue weighted by molar-refractivity contribution is 5.80. The molecule has 0 saturated heterocycles. The number of carboxylic acids is 1. The molecule has 5 nitrogen and oxygen atoms in total. The molecule has 0 saturated carbocycles. The van der Waals surface area contributed by atoms with Crippen LogP contribution in [0.4, 0.5) is 4.79 Å². The Morgan fingerprint density at radius 3 is 2.07 bits per heavy atom. The number of carbonyl (C=O) groups is 2. The fourth-order valence-electron chi connectivity index (χ4n) is 2.28. The topological polar surface area (TPSA) is 75.6 Å². The Kier molecular flexibility index (Phi) is 6.62. The van der Waals surface area contributed by atoms with E-state index >= 15 is 0 Å². The summed E-state index contributed by atoms with van der Waals surface area (Å²) in [6, 6.07) is 15.9. The van der Waals surface area contributed by atoms with E-state index in [0.29, 0.717) is 0 Å². The lowest BCUT2D eigenvalue weighted by Gasteiger charge is -2.22. The molecule has 0 heterocycles. The number of carboxylic acid groups (broad SMARTS) is 1. The maximum Gasteiger partial charge on any atom is 0.408 e. The Morgan fingerprint density at radius 2 is 1.56 bits per heavy atom. The van der Waals surface area contributed by atoms with Gasteiger partial charge in [0.25, 0.3) is 0 Å². The van der Waals surface area contributed by atoms with E-state index in [1.54, 1.807) is 20.8 Å². The molecule has 0 bridgehead atoms. The summed E-state index contributed by atoms with van der Waals surface area (Å²) in [7, 11) is 0. The third-order valence-corrected chi connectivity index (χ3v) is 3.51. The van der Waals surface area contributed by atoms with Crippen molar-refractivity contribution in [2.75, 3.05) is 0 Å². The minimum Gasteiger partial charge on any atom is -0.480 e. The van der Waals surface area contributed by atoms with E-state index < -0.39 is 23.7 Å². The quantitative estimate of drug-likeness (QED) is 0.812. The van der Waals surface area contributed by atoms with Crippen molar-refractivity contribution in [1.29, 1.82) is 0 Å². The van der Waals surface area contributed by atoms with Crippen LogP contribution in [0.1, 0.15) is 37.5 Å². The summed E-state index contributed by atoms with van der Waals surface area (Å²) in [4.78, 5) is 23.3. The van der Waals surface area contributed by atoms with Gasteiger partial charge in [-0.3, -0.25) is 0 Å². The molecule has 1 unspecified atom stereocenters. The second-order valence-corrected chi connectivity index (χ2v) is 7.05. The van der Waals surface area contributed by atoms with E-state index in [2.05, 4.69) is 17.2 Å². The van der Waals surface area contributed by atoms with Gasteiger partial charge in [0.2, 0.25) is 0 Å². The predicted molar refractivity (Wildman–Crippen MR) is 103 cm³/mol. The fraction of sp³-hybridized carbons (Fsp3) is 0.273. The van der Waals surface area contributed by atoms with Crippen LogP contribution in [-0.2, 0) is 16.0 Å². The minimum absolute atomic E-state index is 0.154. The second-order valence-electron chi connectivity index (χ2n) is 7.05. The number of hydrogen-bond acceptors (Lipinski definition) is 3. The molecule has 2 rings (SSSR count). The predicted octanol–water partition coefficient (Wildman–Crippen LogP) is 3.61. The van der Waals surface area contributed by atoms with E-state index in [-0.39, 0.29) is 6.42 Å². The van der Waals surface area contributed by atoms with Gasteiger partial charge in [-0.25, -0.2) is 9.59 Å². The molecule has 0 spiro atoms. The number of nitrogens with one attached hydrogen (secondary N) is 1. The monoisotopic (exact) mass is 365 g/mol. The van der Waals surface area contributed by atoms with Crippen molar-refractivity contribution < 1.29 is 19.4 Å². The summed E-state index contributed by atoms with van der Waals surface area (Å²) in [5.41, 5.74) is 1.85. The van der Waals surface area contributed by atoms with Crippen LogP contribution in [0, 0.1) is 11.8 Å². The van der Waals surface area contributed by atoms with Gasteiger partial charge in [-0.05, 0) is 50.6 Å². The summed E-state index contributed by atoms with van der Waals surface area (Å²) in [5, 5.41) is 11.7. The number of ether oxygens (including phenoxy) is 1. The van der Waals surface area contributed by atoms with Crippen LogP contribution in [0.25, 0.3) is 0 Å². The molecule has 5 heteroatoms. The molecule has 2 N–H and O–H groups in total. The van der Waals surface area contributed by atoms with Crippen LogP contribution in [-0.4, -0.2) is 28.8 Å². The Hall–Kier alpha value is -3.26. The van der Waals surface area contributed by atoms with Crippen molar-refractivity contribution in [3.63, 3.8) is 0 Å². The van der Waals surface area contributed by atoms with E-state index in [9.17, 15) is 14.7 Å². The molecule has 0 radical (unpaired) electrons. The molecule has 0 fully saturated rings. The van der Waals surface area contributed by atoms with E-state index in [1.807, 2.05) is 54.6 Å². The van der Waals surface area contributed by atoms with Crippen molar-refractivity contribution in [1.82, 2.24) is 5.32 Å². The van der Waals surface area contributed by atoms with Crippen LogP contribution in [0.15, 0.2) is 54.6 Å². The number of alkyl carbamates (subject to hydrolysis) is 1. The van der Waals surface area contributed by atoms with Gasteiger partial charge in [0.05, 0.1) is 0 Å². The molecule has 27 heavy (non-hydrogen) atoms. The number of rotatable bonds is 4. The van der Waals surface area contributed by atoms with Crippen LogP contribution >= 0.6 is 0 Å². The molecule has 140 valence electrons. The maximum absolute atomic E-state index is 11.8. The average Bonchev–Trinajstić information content (AvgIpc) is 2.60. The molecular weight excluding hydrogens is 342 g/mol. The Labute approximate surface area is 159 Å². The lowest BCUT2D eigenvalue weighted by molar-refractivity contribution is -0.139. The molecule has 0 aromatic heterocycles. The van der Waals surface area contributed by atoms with E-state index in [1.165, 1.54) is 0 Å². The number of aliphatic carboxylic acids is 1. The molecule has 1 atom stereocenters. The van der Waals surface area contributed by atoms with Gasteiger partial charge in [0.1, 0.15) is 11.6 Å². The summed E-state index contributed by atoms with van der Waals surface area (Å²) in [5.74, 6) is 5.02. The molecule has 2 aromatic rings. The van der Waals surface area contributed by atoms with Crippen LogP contribution < -0.4 is 5.32 Å². The van der Waals surface area contributed by atoms with E-state index in [0.717, 1.165) is 16.7 Å². The van der Waals surface area contributed by atoms with E-state index in [4.69, 9.17) is 4.74 Å². The smallest absolute Gasteiger partial charge is 0.408 e. The number of benzene rings is 2. The van der Waals surface area contributed by atoms with Gasteiger partial charge >= 0.3 is 12.1 Å². The van der Waals surface area contributed by atoms with Gasteiger partial charge < -0.3 is 15.2 Å². The van der Waals surface area contributed by atoms with Crippen molar-refractivity contribution in [3.8, 4) is 11.8 Å². The van der Waals surface area contributed by atoms with Gasteiger partial charge in [-0.15, -0.1) is 0 Å². The summed E-state index contributed by atoms with van der Waals surface area (Å²) in [6.45, 7) is 5.16. The third kappa shape index (κ3) is 7.25. The molecular formula is C22H23NO4. The van der Waals surface area contributed by atoms with Crippen LogP contribution in [0.3, 0.4) is 0 Å². The molecule has 2 aromatic carbocycles. The maximum atomic E-state index is 11.8. The fourth-order valence-corrected chi connectivity index (χ4v) is 2.28. The zero-order valence-electron chi connectivity index (χ0n) is 15.7. The first-order valence-electron chi connectivity index (χ1n) is 8.61. The zero-order valence-corrected chi connectivity index (χ0v) is 15.7. The molecule has 1 amide bonds.